The Morgan fingerprint density at radius 2 is 1.51 bits per heavy atom. The molecule has 3 aromatic rings. The zero-order valence-electron chi connectivity index (χ0n) is 17.8. The number of rotatable bonds is 3. The Morgan fingerprint density at radius 3 is 2.20 bits per heavy atom. The SMILES string of the molecule is FB(F)[N+]1=C2C(=C/C1=C(/c1cc3c([nH]1)-c1sccc1CC3)C(F)(F)C(F)(F)F)CCc1ccsc12. The third-order valence-electron chi connectivity index (χ3n) is 6.67. The average Bonchev–Trinajstić information content (AvgIpc) is 3.54. The molecular weight excluding hydrogens is 512 g/mol. The summed E-state index contributed by atoms with van der Waals surface area (Å²) in [5, 5.41) is 3.53. The fraction of sp³-hybridized carbons (Fsp3) is 0.261. The van der Waals surface area contributed by atoms with Crippen LogP contribution >= 0.6 is 22.7 Å². The van der Waals surface area contributed by atoms with Crippen LogP contribution < -0.4 is 0 Å². The van der Waals surface area contributed by atoms with Crippen molar-refractivity contribution in [2.45, 2.75) is 37.8 Å². The number of nitrogens with zero attached hydrogens (tertiary/aromatic N) is 1. The van der Waals surface area contributed by atoms with Crippen LogP contribution in [0.2, 0.25) is 0 Å². The fourth-order valence-electron chi connectivity index (χ4n) is 5.09. The van der Waals surface area contributed by atoms with E-state index in [2.05, 4.69) is 4.98 Å². The minimum atomic E-state index is -5.98. The van der Waals surface area contributed by atoms with Crippen LogP contribution in [0.1, 0.15) is 33.7 Å². The summed E-state index contributed by atoms with van der Waals surface area (Å²) in [4.78, 5) is 3.99. The van der Waals surface area contributed by atoms with Gasteiger partial charge >= 0.3 is 19.5 Å². The Labute approximate surface area is 203 Å². The van der Waals surface area contributed by atoms with E-state index in [9.17, 15) is 21.8 Å². The van der Waals surface area contributed by atoms with Gasteiger partial charge in [-0.2, -0.15) is 22.0 Å². The van der Waals surface area contributed by atoms with E-state index in [1.165, 1.54) is 28.7 Å². The summed E-state index contributed by atoms with van der Waals surface area (Å²) in [5.74, 6) is -5.37. The second-order valence-electron chi connectivity index (χ2n) is 8.63. The topological polar surface area (TPSA) is 18.8 Å². The van der Waals surface area contributed by atoms with Crippen molar-refractivity contribution < 1.29 is 35.1 Å². The van der Waals surface area contributed by atoms with Crippen molar-refractivity contribution in [2.24, 2.45) is 0 Å². The van der Waals surface area contributed by atoms with E-state index >= 15 is 8.78 Å². The molecule has 4 heterocycles. The Kier molecular flexibility index (Phi) is 5.03. The summed E-state index contributed by atoms with van der Waals surface area (Å²) in [6.07, 6.45) is -3.05. The molecule has 0 saturated carbocycles. The molecule has 3 aromatic heterocycles. The van der Waals surface area contributed by atoms with Gasteiger partial charge in [0.15, 0.2) is 5.70 Å². The van der Waals surface area contributed by atoms with E-state index in [0.717, 1.165) is 22.1 Å². The van der Waals surface area contributed by atoms with Crippen LogP contribution in [0.3, 0.4) is 0 Å². The van der Waals surface area contributed by atoms with Crippen molar-refractivity contribution in [3.05, 3.63) is 73.6 Å². The van der Waals surface area contributed by atoms with Crippen LogP contribution in [0, 0.1) is 0 Å². The Balaban J connectivity index is 1.65. The standard InChI is InChI=1S/C23H14BF7N2S2/c25-22(26,23(27,28)29)17(15-9-13-3-1-11-5-7-34-20(11)18(13)32-15)16-10-14-4-2-12-6-8-35-21(12)19(14)33(16)24(30)31/h5-10H,1-4H2/p+1. The van der Waals surface area contributed by atoms with Crippen LogP contribution in [-0.2, 0) is 19.3 Å². The van der Waals surface area contributed by atoms with E-state index in [0.29, 0.717) is 45.5 Å². The van der Waals surface area contributed by atoms with Gasteiger partial charge in [0.05, 0.1) is 21.1 Å². The third-order valence-corrected chi connectivity index (χ3v) is 8.61. The van der Waals surface area contributed by atoms with Crippen molar-refractivity contribution in [3.8, 4) is 10.6 Å². The molecular formula is C23H15BF7N2S2+. The van der Waals surface area contributed by atoms with Gasteiger partial charge in [-0.1, -0.05) is 0 Å². The van der Waals surface area contributed by atoms with Gasteiger partial charge in [-0.3, -0.25) is 0 Å². The van der Waals surface area contributed by atoms with Gasteiger partial charge in [0.1, 0.15) is 5.57 Å². The molecule has 180 valence electrons. The minimum Gasteiger partial charge on any atom is -0.354 e. The highest BCUT2D eigenvalue weighted by atomic mass is 32.1. The molecule has 6 rings (SSSR count). The number of aryl methyl sites for hydroxylation is 3. The van der Waals surface area contributed by atoms with Crippen molar-refractivity contribution in [1.29, 1.82) is 0 Å². The summed E-state index contributed by atoms with van der Waals surface area (Å²) in [6.45, 7) is 0. The van der Waals surface area contributed by atoms with E-state index in [1.807, 2.05) is 11.4 Å². The molecule has 0 atom stereocenters. The number of halogens is 7. The molecule has 0 unspecified atom stereocenters. The summed E-state index contributed by atoms with van der Waals surface area (Å²) in [5.41, 5.74) is 0.347. The quantitative estimate of drug-likeness (QED) is 0.276. The van der Waals surface area contributed by atoms with Gasteiger partial charge in [0.2, 0.25) is 5.71 Å². The first kappa shape index (κ1) is 22.8. The first-order valence-electron chi connectivity index (χ1n) is 10.8. The molecule has 2 nitrogen and oxygen atoms in total. The number of hydrogen-bond acceptors (Lipinski definition) is 2. The van der Waals surface area contributed by atoms with Crippen molar-refractivity contribution in [2.75, 3.05) is 0 Å². The Morgan fingerprint density at radius 1 is 0.886 bits per heavy atom. The molecule has 1 aliphatic heterocycles. The molecule has 1 N–H and O–H groups in total. The molecule has 0 bridgehead atoms. The number of thiophene rings is 2. The zero-order chi connectivity index (χ0) is 24.7. The highest BCUT2D eigenvalue weighted by Crippen LogP contribution is 2.50. The molecule has 0 saturated heterocycles. The number of alkyl halides is 5. The average molecular weight is 527 g/mol. The maximum absolute atomic E-state index is 15.2. The van der Waals surface area contributed by atoms with Crippen molar-refractivity contribution in [1.82, 2.24) is 4.98 Å². The first-order valence-corrected chi connectivity index (χ1v) is 12.5. The van der Waals surface area contributed by atoms with Crippen LogP contribution in [0.25, 0.3) is 16.1 Å². The summed E-state index contributed by atoms with van der Waals surface area (Å²) in [7, 11) is -3.31. The smallest absolute Gasteiger partial charge is 0.354 e. The molecule has 0 spiro atoms. The molecule has 12 heteroatoms. The highest BCUT2D eigenvalue weighted by molar-refractivity contribution is 7.13. The second-order valence-corrected chi connectivity index (χ2v) is 10.5. The number of fused-ring (bicyclic) bond motifs is 6. The van der Waals surface area contributed by atoms with Gasteiger partial charge in [-0.05, 0) is 71.3 Å². The van der Waals surface area contributed by atoms with Crippen LogP contribution in [-0.4, -0.2) is 34.7 Å². The van der Waals surface area contributed by atoms with E-state index in [4.69, 9.17) is 0 Å². The summed E-state index contributed by atoms with van der Waals surface area (Å²) in [6, 6.07) is 4.90. The van der Waals surface area contributed by atoms with Gasteiger partial charge in [-0.25, -0.2) is 13.1 Å². The summed E-state index contributed by atoms with van der Waals surface area (Å²) >= 11 is 2.52. The fourth-order valence-corrected chi connectivity index (χ4v) is 7.11. The predicted octanol–water partition coefficient (Wildman–Crippen LogP) is 7.12. The molecule has 0 fully saturated rings. The maximum atomic E-state index is 15.2. The zero-order valence-corrected chi connectivity index (χ0v) is 19.4. The monoisotopic (exact) mass is 527 g/mol. The summed E-state index contributed by atoms with van der Waals surface area (Å²) < 4.78 is 101. The van der Waals surface area contributed by atoms with Gasteiger partial charge < -0.3 is 4.98 Å². The van der Waals surface area contributed by atoms with Gasteiger partial charge in [-0.15, -0.1) is 22.7 Å². The third kappa shape index (κ3) is 3.32. The highest BCUT2D eigenvalue weighted by Gasteiger charge is 2.64. The minimum absolute atomic E-state index is 0.0126. The lowest BCUT2D eigenvalue weighted by atomic mass is 9.92. The maximum Gasteiger partial charge on any atom is 0.935 e. The number of allylic oxidation sites excluding steroid dienone is 3. The molecule has 35 heavy (non-hydrogen) atoms. The van der Waals surface area contributed by atoms with Gasteiger partial charge in [0.25, 0.3) is 0 Å². The van der Waals surface area contributed by atoms with E-state index in [1.54, 1.807) is 11.4 Å². The molecule has 0 amide bonds. The molecule has 0 radical (unpaired) electrons. The van der Waals surface area contributed by atoms with Crippen LogP contribution in [0.15, 0.2) is 46.3 Å². The first-order chi connectivity index (χ1) is 16.6. The van der Waals surface area contributed by atoms with Gasteiger partial charge in [0, 0.05) is 11.6 Å². The normalized spacial score (nSPS) is 18.7. The second kappa shape index (κ2) is 7.70. The van der Waals surface area contributed by atoms with Crippen molar-refractivity contribution in [3.63, 3.8) is 0 Å². The number of aromatic amines is 1. The van der Waals surface area contributed by atoms with Crippen LogP contribution in [0.4, 0.5) is 30.6 Å². The van der Waals surface area contributed by atoms with E-state index < -0.39 is 36.5 Å². The lowest BCUT2D eigenvalue weighted by Crippen LogP contribution is -2.40. The lowest BCUT2D eigenvalue weighted by molar-refractivity contribution is -0.343. The number of nitrogens with one attached hydrogen (secondary N) is 1. The Bertz CT molecular complexity index is 1450. The molecule has 2 aliphatic carbocycles. The van der Waals surface area contributed by atoms with Crippen LogP contribution in [0.5, 0.6) is 0 Å². The number of hydrogen-bond donors (Lipinski definition) is 1. The largest absolute Gasteiger partial charge is 0.935 e. The van der Waals surface area contributed by atoms with Crippen molar-refractivity contribution >= 4 is 41.4 Å². The predicted molar refractivity (Wildman–Crippen MR) is 122 cm³/mol. The molecule has 3 aliphatic rings. The van der Waals surface area contributed by atoms with E-state index in [-0.39, 0.29) is 12.1 Å². The Hall–Kier alpha value is -2.60. The molecule has 0 aromatic carbocycles. The lowest BCUT2D eigenvalue weighted by Gasteiger charge is -2.22. The number of aromatic nitrogens is 1. The number of H-pyrrole nitrogens is 1.